The van der Waals surface area contributed by atoms with Crippen LogP contribution < -0.4 is 5.32 Å². The quantitative estimate of drug-likeness (QED) is 0.778. The fraction of sp³-hybridized carbons (Fsp3) is 0.909. The van der Waals surface area contributed by atoms with E-state index in [9.17, 15) is 0 Å². The number of hydrogen-bond donors (Lipinski definition) is 1. The molecule has 2 rings (SSSR count). The van der Waals surface area contributed by atoms with Crippen molar-refractivity contribution in [2.45, 2.75) is 51.6 Å². The molecule has 1 aliphatic carbocycles. The molecule has 0 aromatic heterocycles. The Labute approximate surface area is 90.9 Å². The number of rotatable bonds is 3. The third-order valence-corrected chi connectivity index (χ3v) is 4.07. The molecule has 2 fully saturated rings. The lowest BCUT2D eigenvalue weighted by atomic mass is 10.1. The summed E-state index contributed by atoms with van der Waals surface area (Å²) in [7, 11) is 0. The van der Waals surface area contributed by atoms with Gasteiger partial charge in [0, 0.05) is 11.3 Å². The van der Waals surface area contributed by atoms with E-state index in [-0.39, 0.29) is 5.54 Å². The highest BCUT2D eigenvalue weighted by Crippen LogP contribution is 2.34. The Morgan fingerprint density at radius 3 is 2.79 bits per heavy atom. The van der Waals surface area contributed by atoms with Crippen molar-refractivity contribution in [3.8, 4) is 0 Å². The van der Waals surface area contributed by atoms with Gasteiger partial charge in [-0.05, 0) is 33.1 Å². The zero-order chi connectivity index (χ0) is 10.2. The van der Waals surface area contributed by atoms with E-state index >= 15 is 0 Å². The predicted octanol–water partition coefficient (Wildman–Crippen LogP) is 2.65. The average molecular weight is 212 g/mol. The molecule has 1 atom stereocenters. The minimum atomic E-state index is 0.239. The molecule has 0 bridgehead atoms. The smallest absolute Gasteiger partial charge is 0.157 e. The van der Waals surface area contributed by atoms with E-state index in [2.05, 4.69) is 26.1 Å². The number of hydrogen-bond acceptors (Lipinski definition) is 2. The van der Waals surface area contributed by atoms with Gasteiger partial charge in [-0.3, -0.25) is 4.99 Å². The third-order valence-electron chi connectivity index (χ3n) is 2.72. The van der Waals surface area contributed by atoms with E-state index in [1.165, 1.54) is 19.3 Å². The molecule has 14 heavy (non-hydrogen) atoms. The van der Waals surface area contributed by atoms with Crippen LogP contribution in [0, 0.1) is 5.92 Å². The summed E-state index contributed by atoms with van der Waals surface area (Å²) in [6, 6.07) is 0.506. The number of thioether (sulfide) groups is 1. The van der Waals surface area contributed by atoms with E-state index in [4.69, 9.17) is 4.99 Å². The van der Waals surface area contributed by atoms with Gasteiger partial charge in [0.15, 0.2) is 5.17 Å². The Balaban J connectivity index is 1.84. The van der Waals surface area contributed by atoms with E-state index < -0.39 is 0 Å². The van der Waals surface area contributed by atoms with Gasteiger partial charge in [0.25, 0.3) is 0 Å². The maximum atomic E-state index is 4.72. The summed E-state index contributed by atoms with van der Waals surface area (Å²) < 4.78 is 0. The molecule has 0 radical (unpaired) electrons. The molecule has 2 nitrogen and oxygen atoms in total. The standard InChI is InChI=1S/C11H20N2S/c1-8(6-9-4-5-9)12-10-13-11(2,3)7-14-10/h8-9H,4-7H2,1-3H3,(H,12,13). The zero-order valence-corrected chi connectivity index (χ0v) is 10.2. The second-order valence-corrected chi connectivity index (χ2v) is 6.22. The first kappa shape index (κ1) is 10.3. The molecule has 0 amide bonds. The molecular formula is C11H20N2S. The Bertz CT molecular complexity index is 244. The van der Waals surface area contributed by atoms with Crippen molar-refractivity contribution >= 4 is 16.9 Å². The van der Waals surface area contributed by atoms with Crippen molar-refractivity contribution < 1.29 is 0 Å². The fourth-order valence-corrected chi connectivity index (χ4v) is 2.94. The molecule has 1 saturated heterocycles. The molecular weight excluding hydrogens is 192 g/mol. The van der Waals surface area contributed by atoms with Crippen LogP contribution in [0.3, 0.4) is 0 Å². The lowest BCUT2D eigenvalue weighted by molar-refractivity contribution is 0.532. The van der Waals surface area contributed by atoms with E-state index in [0.717, 1.165) is 16.8 Å². The second kappa shape index (κ2) is 3.76. The van der Waals surface area contributed by atoms with E-state index in [1.54, 1.807) is 0 Å². The van der Waals surface area contributed by atoms with E-state index in [1.807, 2.05) is 11.8 Å². The highest BCUT2D eigenvalue weighted by Gasteiger charge is 2.28. The molecule has 0 aromatic rings. The van der Waals surface area contributed by atoms with Crippen LogP contribution in [0.2, 0.25) is 0 Å². The van der Waals surface area contributed by atoms with Gasteiger partial charge in [-0.15, -0.1) is 0 Å². The molecule has 3 heteroatoms. The van der Waals surface area contributed by atoms with Crippen molar-refractivity contribution in [2.75, 3.05) is 5.75 Å². The fourth-order valence-electron chi connectivity index (χ4n) is 1.77. The highest BCUT2D eigenvalue weighted by atomic mass is 32.2. The van der Waals surface area contributed by atoms with Crippen LogP contribution in [-0.2, 0) is 0 Å². The van der Waals surface area contributed by atoms with Gasteiger partial charge in [0.1, 0.15) is 0 Å². The number of amidine groups is 1. The monoisotopic (exact) mass is 212 g/mol. The molecule has 2 aliphatic rings. The molecule has 1 unspecified atom stereocenters. The summed E-state index contributed by atoms with van der Waals surface area (Å²) in [5, 5.41) is 4.62. The van der Waals surface area contributed by atoms with Crippen LogP contribution >= 0.6 is 11.8 Å². The summed E-state index contributed by atoms with van der Waals surface area (Å²) >= 11 is 1.86. The van der Waals surface area contributed by atoms with Crippen LogP contribution in [0.15, 0.2) is 4.99 Å². The number of nitrogens with zero attached hydrogens (tertiary/aromatic N) is 1. The normalized spacial score (nSPS) is 30.4. The number of aliphatic imine (C=N–C) groups is 1. The Morgan fingerprint density at radius 2 is 2.29 bits per heavy atom. The van der Waals surface area contributed by atoms with Crippen LogP contribution in [-0.4, -0.2) is 22.5 Å². The first-order valence-electron chi connectivity index (χ1n) is 5.54. The SMILES string of the molecule is CC(CC1CC1)N=C1NC(C)(C)CS1. The van der Waals surface area contributed by atoms with Crippen molar-refractivity contribution in [3.05, 3.63) is 0 Å². The average Bonchev–Trinajstić information content (AvgIpc) is 2.78. The summed E-state index contributed by atoms with van der Waals surface area (Å²) in [4.78, 5) is 4.72. The lowest BCUT2D eigenvalue weighted by Crippen LogP contribution is -2.37. The molecule has 1 saturated carbocycles. The van der Waals surface area contributed by atoms with E-state index in [0.29, 0.717) is 6.04 Å². The molecule has 1 N–H and O–H groups in total. The van der Waals surface area contributed by atoms with Crippen LogP contribution in [0.4, 0.5) is 0 Å². The minimum absolute atomic E-state index is 0.239. The topological polar surface area (TPSA) is 24.4 Å². The van der Waals surface area contributed by atoms with Gasteiger partial charge < -0.3 is 5.32 Å². The van der Waals surface area contributed by atoms with Gasteiger partial charge in [0.05, 0.1) is 6.04 Å². The summed E-state index contributed by atoms with van der Waals surface area (Å²) in [5.74, 6) is 2.12. The van der Waals surface area contributed by atoms with Crippen molar-refractivity contribution in [2.24, 2.45) is 10.9 Å². The number of nitrogens with one attached hydrogen (secondary N) is 1. The van der Waals surface area contributed by atoms with Gasteiger partial charge in [0.2, 0.25) is 0 Å². The Hall–Kier alpha value is -0.180. The maximum Gasteiger partial charge on any atom is 0.157 e. The van der Waals surface area contributed by atoms with Gasteiger partial charge in [-0.25, -0.2) is 0 Å². The van der Waals surface area contributed by atoms with Crippen LogP contribution in [0.5, 0.6) is 0 Å². The van der Waals surface area contributed by atoms with Crippen molar-refractivity contribution in [1.29, 1.82) is 0 Å². The Kier molecular flexibility index (Phi) is 2.78. The van der Waals surface area contributed by atoms with Crippen molar-refractivity contribution in [3.63, 3.8) is 0 Å². The van der Waals surface area contributed by atoms with Crippen molar-refractivity contribution in [1.82, 2.24) is 5.32 Å². The molecule has 1 heterocycles. The first-order valence-corrected chi connectivity index (χ1v) is 6.52. The minimum Gasteiger partial charge on any atom is -0.359 e. The third kappa shape index (κ3) is 2.91. The summed E-state index contributed by atoms with van der Waals surface area (Å²) in [6.07, 6.45) is 4.15. The zero-order valence-electron chi connectivity index (χ0n) is 9.34. The van der Waals surface area contributed by atoms with Gasteiger partial charge in [-0.2, -0.15) is 0 Å². The van der Waals surface area contributed by atoms with Gasteiger partial charge in [-0.1, -0.05) is 24.6 Å². The first-order chi connectivity index (χ1) is 6.55. The van der Waals surface area contributed by atoms with Gasteiger partial charge >= 0.3 is 0 Å². The second-order valence-electron chi connectivity index (χ2n) is 5.26. The maximum absolute atomic E-state index is 4.72. The Morgan fingerprint density at radius 1 is 1.57 bits per heavy atom. The molecule has 0 spiro atoms. The molecule has 0 aromatic carbocycles. The van der Waals surface area contributed by atoms with Crippen LogP contribution in [0.25, 0.3) is 0 Å². The predicted molar refractivity (Wildman–Crippen MR) is 63.9 cm³/mol. The molecule has 80 valence electrons. The largest absolute Gasteiger partial charge is 0.359 e. The summed E-state index contributed by atoms with van der Waals surface area (Å²) in [5.41, 5.74) is 0.239. The lowest BCUT2D eigenvalue weighted by Gasteiger charge is -2.16. The summed E-state index contributed by atoms with van der Waals surface area (Å²) in [6.45, 7) is 6.70. The molecule has 1 aliphatic heterocycles. The van der Waals surface area contributed by atoms with Crippen LogP contribution in [0.1, 0.15) is 40.0 Å². The highest BCUT2D eigenvalue weighted by molar-refractivity contribution is 8.14.